The van der Waals surface area contributed by atoms with Crippen molar-refractivity contribution in [3.8, 4) is 0 Å². The average molecular weight is 254 g/mol. The summed E-state index contributed by atoms with van der Waals surface area (Å²) in [5, 5.41) is 9.11. The number of hydrogen-bond donors (Lipinski definition) is 1. The Labute approximate surface area is 104 Å². The lowest BCUT2D eigenvalue weighted by Gasteiger charge is -2.33. The molecule has 5 nitrogen and oxygen atoms in total. The molecule has 1 aromatic heterocycles. The fourth-order valence-electron chi connectivity index (χ4n) is 1.55. The molecule has 98 valence electrons. The number of carboxylic acid groups (broad SMARTS) is 1. The number of hydrogen-bond acceptors (Lipinski definition) is 3. The van der Waals surface area contributed by atoms with Gasteiger partial charge in [0.2, 0.25) is 0 Å². The molecule has 0 saturated heterocycles. The first-order valence-corrected chi connectivity index (χ1v) is 5.47. The fourth-order valence-corrected chi connectivity index (χ4v) is 1.55. The normalized spacial score (nSPS) is 11.1. The minimum Gasteiger partial charge on any atom is -0.480 e. The first-order chi connectivity index (χ1) is 8.30. The third kappa shape index (κ3) is 2.64. The van der Waals surface area contributed by atoms with Crippen LogP contribution in [0.1, 0.15) is 31.3 Å². The van der Waals surface area contributed by atoms with Crippen molar-refractivity contribution in [3.63, 3.8) is 0 Å². The number of pyridine rings is 1. The van der Waals surface area contributed by atoms with Gasteiger partial charge >= 0.3 is 5.97 Å². The number of carboxylic acids is 1. The molecule has 1 heterocycles. The quantitative estimate of drug-likeness (QED) is 0.884. The van der Waals surface area contributed by atoms with Crippen LogP contribution in [0.25, 0.3) is 0 Å². The van der Waals surface area contributed by atoms with Gasteiger partial charge in [-0.25, -0.2) is 14.2 Å². The molecule has 0 radical (unpaired) electrons. The number of aliphatic carboxylic acids is 1. The minimum atomic E-state index is -1.35. The number of carbonyl (C=O) groups is 2. The molecule has 0 spiro atoms. The molecule has 0 aliphatic heterocycles. The number of rotatable bonds is 4. The molecular weight excluding hydrogens is 239 g/mol. The Morgan fingerprint density at radius 1 is 1.44 bits per heavy atom. The molecule has 1 rings (SSSR count). The maximum absolute atomic E-state index is 12.7. The van der Waals surface area contributed by atoms with Crippen LogP contribution in [-0.2, 0) is 4.79 Å². The van der Waals surface area contributed by atoms with Crippen LogP contribution in [0, 0.1) is 5.82 Å². The Morgan fingerprint density at radius 2 is 2.06 bits per heavy atom. The van der Waals surface area contributed by atoms with Gasteiger partial charge in [0, 0.05) is 6.54 Å². The van der Waals surface area contributed by atoms with Crippen LogP contribution in [0.3, 0.4) is 0 Å². The van der Waals surface area contributed by atoms with Crippen molar-refractivity contribution in [2.24, 2.45) is 0 Å². The molecule has 0 bridgehead atoms. The van der Waals surface area contributed by atoms with E-state index in [-0.39, 0.29) is 12.2 Å². The minimum absolute atomic E-state index is 0.0209. The Kier molecular flexibility index (Phi) is 4.00. The number of nitrogens with zero attached hydrogens (tertiary/aromatic N) is 2. The maximum atomic E-state index is 12.7. The lowest BCUT2D eigenvalue weighted by molar-refractivity contribution is -0.147. The Hall–Kier alpha value is -1.98. The van der Waals surface area contributed by atoms with Gasteiger partial charge in [-0.05, 0) is 32.9 Å². The largest absolute Gasteiger partial charge is 0.480 e. The highest BCUT2D eigenvalue weighted by Gasteiger charge is 2.37. The van der Waals surface area contributed by atoms with Crippen molar-refractivity contribution >= 4 is 11.9 Å². The standard InChI is InChI=1S/C12H15FN2O3/c1-4-15(12(2,3)11(17)18)10(16)9-6-5-8(13)7-14-9/h5-7H,4H2,1-3H3,(H,17,18). The third-order valence-electron chi connectivity index (χ3n) is 2.71. The van der Waals surface area contributed by atoms with E-state index in [1.807, 2.05) is 0 Å². The third-order valence-corrected chi connectivity index (χ3v) is 2.71. The predicted octanol–water partition coefficient (Wildman–Crippen LogP) is 1.55. The number of amides is 1. The summed E-state index contributed by atoms with van der Waals surface area (Å²) in [6.07, 6.45) is 0.925. The first-order valence-electron chi connectivity index (χ1n) is 5.47. The molecule has 1 aromatic rings. The Balaban J connectivity index is 3.07. The zero-order valence-electron chi connectivity index (χ0n) is 10.5. The van der Waals surface area contributed by atoms with Crippen LogP contribution in [0.5, 0.6) is 0 Å². The molecule has 0 aliphatic rings. The van der Waals surface area contributed by atoms with E-state index >= 15 is 0 Å². The molecule has 6 heteroatoms. The molecule has 0 aromatic carbocycles. The summed E-state index contributed by atoms with van der Waals surface area (Å²) >= 11 is 0. The summed E-state index contributed by atoms with van der Waals surface area (Å²) < 4.78 is 12.7. The van der Waals surface area contributed by atoms with Crippen LogP contribution in [0.2, 0.25) is 0 Å². The fraction of sp³-hybridized carbons (Fsp3) is 0.417. The van der Waals surface area contributed by atoms with Gasteiger partial charge in [0.05, 0.1) is 6.20 Å². The second-order valence-electron chi connectivity index (χ2n) is 4.28. The average Bonchev–Trinajstić information content (AvgIpc) is 2.30. The molecule has 0 aliphatic carbocycles. The molecule has 0 saturated carbocycles. The molecule has 0 fully saturated rings. The zero-order chi connectivity index (χ0) is 13.9. The van der Waals surface area contributed by atoms with Crippen molar-refractivity contribution in [3.05, 3.63) is 29.8 Å². The van der Waals surface area contributed by atoms with Gasteiger partial charge in [-0.3, -0.25) is 4.79 Å². The molecule has 0 unspecified atom stereocenters. The predicted molar refractivity (Wildman–Crippen MR) is 62.6 cm³/mol. The van der Waals surface area contributed by atoms with Gasteiger partial charge in [-0.15, -0.1) is 0 Å². The highest BCUT2D eigenvalue weighted by atomic mass is 19.1. The summed E-state index contributed by atoms with van der Waals surface area (Å²) in [6.45, 7) is 4.75. The highest BCUT2D eigenvalue weighted by Crippen LogP contribution is 2.17. The van der Waals surface area contributed by atoms with Gasteiger partial charge in [0.1, 0.15) is 17.1 Å². The lowest BCUT2D eigenvalue weighted by Crippen LogP contribution is -2.53. The summed E-state index contributed by atoms with van der Waals surface area (Å²) in [7, 11) is 0. The van der Waals surface area contributed by atoms with E-state index in [1.165, 1.54) is 24.8 Å². The van der Waals surface area contributed by atoms with E-state index in [4.69, 9.17) is 5.11 Å². The van der Waals surface area contributed by atoms with Crippen LogP contribution in [0.15, 0.2) is 18.3 Å². The van der Waals surface area contributed by atoms with Crippen LogP contribution in [-0.4, -0.2) is 39.0 Å². The van der Waals surface area contributed by atoms with Gasteiger partial charge < -0.3 is 10.0 Å². The first kappa shape index (κ1) is 14.1. The SMILES string of the molecule is CCN(C(=O)c1ccc(F)cn1)C(C)(C)C(=O)O. The summed E-state index contributed by atoms with van der Waals surface area (Å²) in [4.78, 5) is 28.1. The smallest absolute Gasteiger partial charge is 0.329 e. The summed E-state index contributed by atoms with van der Waals surface area (Å²) in [5.74, 6) is -2.20. The number of halogens is 1. The van der Waals surface area contributed by atoms with Gasteiger partial charge in [0.15, 0.2) is 0 Å². The van der Waals surface area contributed by atoms with Crippen molar-refractivity contribution < 1.29 is 19.1 Å². The highest BCUT2D eigenvalue weighted by molar-refractivity contribution is 5.96. The number of carbonyl (C=O) groups excluding carboxylic acids is 1. The summed E-state index contributed by atoms with van der Waals surface area (Å²) in [6, 6.07) is 2.35. The number of aromatic nitrogens is 1. The second-order valence-corrected chi connectivity index (χ2v) is 4.28. The van der Waals surface area contributed by atoms with E-state index in [9.17, 15) is 14.0 Å². The van der Waals surface area contributed by atoms with Gasteiger partial charge in [-0.2, -0.15) is 0 Å². The van der Waals surface area contributed by atoms with Gasteiger partial charge in [-0.1, -0.05) is 0 Å². The lowest BCUT2D eigenvalue weighted by atomic mass is 10.0. The summed E-state index contributed by atoms with van der Waals surface area (Å²) in [5.41, 5.74) is -1.32. The van der Waals surface area contributed by atoms with E-state index in [0.717, 1.165) is 12.3 Å². The van der Waals surface area contributed by atoms with Crippen molar-refractivity contribution in [1.82, 2.24) is 9.88 Å². The molecular formula is C12H15FN2O3. The maximum Gasteiger partial charge on any atom is 0.329 e. The Bertz CT molecular complexity index is 457. The van der Waals surface area contributed by atoms with Crippen LogP contribution in [0.4, 0.5) is 4.39 Å². The van der Waals surface area contributed by atoms with Crippen molar-refractivity contribution in [1.29, 1.82) is 0 Å². The van der Waals surface area contributed by atoms with Crippen molar-refractivity contribution in [2.75, 3.05) is 6.54 Å². The molecule has 0 atom stereocenters. The van der Waals surface area contributed by atoms with Crippen LogP contribution >= 0.6 is 0 Å². The van der Waals surface area contributed by atoms with Crippen LogP contribution < -0.4 is 0 Å². The van der Waals surface area contributed by atoms with Gasteiger partial charge in [0.25, 0.3) is 5.91 Å². The molecule has 18 heavy (non-hydrogen) atoms. The monoisotopic (exact) mass is 254 g/mol. The van der Waals surface area contributed by atoms with E-state index < -0.39 is 23.2 Å². The topological polar surface area (TPSA) is 70.5 Å². The number of likely N-dealkylation sites (N-methyl/N-ethyl adjacent to an activating group) is 1. The zero-order valence-corrected chi connectivity index (χ0v) is 10.5. The van der Waals surface area contributed by atoms with Crippen molar-refractivity contribution in [2.45, 2.75) is 26.3 Å². The van der Waals surface area contributed by atoms with E-state index in [0.29, 0.717) is 0 Å². The Morgan fingerprint density at radius 3 is 2.44 bits per heavy atom. The van der Waals surface area contributed by atoms with E-state index in [1.54, 1.807) is 6.92 Å². The van der Waals surface area contributed by atoms with E-state index in [2.05, 4.69) is 4.98 Å². The molecule has 1 N–H and O–H groups in total. The second kappa shape index (κ2) is 5.12. The molecule has 1 amide bonds.